The molecule has 0 atom stereocenters. The zero-order valence-corrected chi connectivity index (χ0v) is 15.3. The van der Waals surface area contributed by atoms with Gasteiger partial charge in [0.2, 0.25) is 0 Å². The Morgan fingerprint density at radius 2 is 1.82 bits per heavy atom. The van der Waals surface area contributed by atoms with Gasteiger partial charge in [0.15, 0.2) is 6.61 Å². The Morgan fingerprint density at radius 1 is 1.11 bits per heavy atom. The first kappa shape index (κ1) is 19.5. The summed E-state index contributed by atoms with van der Waals surface area (Å²) in [7, 11) is -3.64. The second kappa shape index (κ2) is 8.17. The van der Waals surface area contributed by atoms with Crippen LogP contribution in [0.5, 0.6) is 0 Å². The van der Waals surface area contributed by atoms with E-state index in [9.17, 15) is 22.4 Å². The predicted molar refractivity (Wildman–Crippen MR) is 98.8 cm³/mol. The monoisotopic (exact) mass is 405 g/mol. The zero-order chi connectivity index (χ0) is 20.1. The van der Waals surface area contributed by atoms with Gasteiger partial charge in [-0.3, -0.25) is 19.3 Å². The van der Waals surface area contributed by atoms with Crippen molar-refractivity contribution in [3.05, 3.63) is 59.9 Å². The smallest absolute Gasteiger partial charge is 0.308 e. The van der Waals surface area contributed by atoms with Gasteiger partial charge in [0.1, 0.15) is 11.7 Å². The van der Waals surface area contributed by atoms with Gasteiger partial charge in [0.25, 0.3) is 15.9 Å². The van der Waals surface area contributed by atoms with E-state index >= 15 is 0 Å². The third kappa shape index (κ3) is 4.52. The standard InChI is InChI=1S/C18H16FN3O5S/c19-13-6-2-3-7-14(13)21-16(23)11-27-17(24)9-10-20-18-12-5-1-4-8-15(12)28(25,26)22-18/h1-8H,9-11H2,(H,20,22)(H,21,23). The molecule has 0 saturated carbocycles. The minimum absolute atomic E-state index is 0.0119. The molecule has 1 amide bonds. The summed E-state index contributed by atoms with van der Waals surface area (Å²) in [5, 5.41) is 2.29. The molecule has 2 aromatic carbocycles. The van der Waals surface area contributed by atoms with Crippen molar-refractivity contribution in [2.24, 2.45) is 4.99 Å². The second-order valence-corrected chi connectivity index (χ2v) is 7.42. The minimum Gasteiger partial charge on any atom is -0.456 e. The highest BCUT2D eigenvalue weighted by Crippen LogP contribution is 2.22. The van der Waals surface area contributed by atoms with Gasteiger partial charge in [-0.05, 0) is 24.3 Å². The Hall–Kier alpha value is -3.27. The first-order chi connectivity index (χ1) is 13.4. The molecular weight excluding hydrogens is 389 g/mol. The lowest BCUT2D eigenvalue weighted by atomic mass is 10.2. The SMILES string of the molecule is O=C(COC(=O)CCN=C1NS(=O)(=O)c2ccccc21)Nc1ccccc1F. The van der Waals surface area contributed by atoms with Crippen LogP contribution in [-0.2, 0) is 24.3 Å². The van der Waals surface area contributed by atoms with Gasteiger partial charge >= 0.3 is 5.97 Å². The summed E-state index contributed by atoms with van der Waals surface area (Å²) in [6, 6.07) is 12.0. The maximum absolute atomic E-state index is 13.4. The fourth-order valence-electron chi connectivity index (χ4n) is 2.48. The highest BCUT2D eigenvalue weighted by molar-refractivity contribution is 7.90. The Balaban J connectivity index is 1.48. The van der Waals surface area contributed by atoms with Crippen molar-refractivity contribution in [2.45, 2.75) is 11.3 Å². The van der Waals surface area contributed by atoms with Crippen molar-refractivity contribution < 1.29 is 27.1 Å². The number of carbonyl (C=O) groups excluding carboxylic acids is 2. The molecular formula is C18H16FN3O5S. The third-order valence-corrected chi connectivity index (χ3v) is 5.16. The highest BCUT2D eigenvalue weighted by atomic mass is 32.2. The number of ether oxygens (including phenoxy) is 1. The van der Waals surface area contributed by atoms with Crippen LogP contribution in [0.2, 0.25) is 0 Å². The lowest BCUT2D eigenvalue weighted by molar-refractivity contribution is -0.147. The third-order valence-electron chi connectivity index (χ3n) is 3.76. The molecule has 2 aromatic rings. The average Bonchev–Trinajstić information content (AvgIpc) is 2.93. The van der Waals surface area contributed by atoms with E-state index in [1.54, 1.807) is 24.3 Å². The molecule has 0 fully saturated rings. The molecule has 8 nitrogen and oxygen atoms in total. The molecule has 3 rings (SSSR count). The van der Waals surface area contributed by atoms with E-state index in [0.717, 1.165) is 0 Å². The number of fused-ring (bicyclic) bond motifs is 1. The predicted octanol–water partition coefficient (Wildman–Crippen LogP) is 1.44. The van der Waals surface area contributed by atoms with Crippen LogP contribution in [0.1, 0.15) is 12.0 Å². The van der Waals surface area contributed by atoms with E-state index in [2.05, 4.69) is 15.0 Å². The van der Waals surface area contributed by atoms with Crippen molar-refractivity contribution >= 4 is 33.4 Å². The molecule has 28 heavy (non-hydrogen) atoms. The quantitative estimate of drug-likeness (QED) is 0.706. The molecule has 0 spiro atoms. The number of para-hydroxylation sites is 1. The minimum atomic E-state index is -3.64. The number of hydrogen-bond donors (Lipinski definition) is 2. The number of esters is 1. The van der Waals surface area contributed by atoms with Gasteiger partial charge in [-0.1, -0.05) is 24.3 Å². The summed E-state index contributed by atoms with van der Waals surface area (Å²) in [5.74, 6) is -1.82. The largest absolute Gasteiger partial charge is 0.456 e. The van der Waals surface area contributed by atoms with E-state index in [4.69, 9.17) is 4.74 Å². The first-order valence-electron chi connectivity index (χ1n) is 8.23. The Kier molecular flexibility index (Phi) is 5.69. The number of hydrogen-bond acceptors (Lipinski definition) is 6. The maximum Gasteiger partial charge on any atom is 0.308 e. The molecule has 0 radical (unpaired) electrons. The van der Waals surface area contributed by atoms with Crippen LogP contribution in [-0.4, -0.2) is 39.3 Å². The number of nitrogens with zero attached hydrogens (tertiary/aromatic N) is 1. The summed E-state index contributed by atoms with van der Waals surface area (Å²) < 4.78 is 44.5. The van der Waals surface area contributed by atoms with Gasteiger partial charge in [-0.25, -0.2) is 12.8 Å². The lowest BCUT2D eigenvalue weighted by Crippen LogP contribution is -2.23. The summed E-state index contributed by atoms with van der Waals surface area (Å²) in [4.78, 5) is 27.6. The van der Waals surface area contributed by atoms with Crippen molar-refractivity contribution in [3.8, 4) is 0 Å². The number of nitrogens with one attached hydrogen (secondary N) is 2. The van der Waals surface area contributed by atoms with Crippen LogP contribution >= 0.6 is 0 Å². The van der Waals surface area contributed by atoms with Gasteiger partial charge < -0.3 is 10.1 Å². The van der Waals surface area contributed by atoms with Crippen LogP contribution < -0.4 is 10.0 Å². The van der Waals surface area contributed by atoms with Crippen molar-refractivity contribution in [1.29, 1.82) is 0 Å². The Bertz CT molecular complexity index is 1050. The van der Waals surface area contributed by atoms with Crippen LogP contribution in [0.4, 0.5) is 10.1 Å². The molecule has 0 aromatic heterocycles. The molecule has 0 unspecified atom stereocenters. The van der Waals surface area contributed by atoms with E-state index < -0.39 is 34.3 Å². The Labute approximate surface area is 160 Å². The van der Waals surface area contributed by atoms with Gasteiger partial charge in [-0.2, -0.15) is 0 Å². The molecule has 1 aliphatic heterocycles. The maximum atomic E-state index is 13.4. The van der Waals surface area contributed by atoms with Crippen LogP contribution in [0.25, 0.3) is 0 Å². The number of benzene rings is 2. The fourth-order valence-corrected chi connectivity index (χ4v) is 3.73. The molecule has 1 heterocycles. The summed E-state index contributed by atoms with van der Waals surface area (Å²) in [6.07, 6.45) is -0.152. The summed E-state index contributed by atoms with van der Waals surface area (Å²) in [5.41, 5.74) is 0.419. The van der Waals surface area contributed by atoms with E-state index in [1.165, 1.54) is 24.3 Å². The number of aliphatic imine (C=N–C) groups is 1. The van der Waals surface area contributed by atoms with E-state index in [0.29, 0.717) is 5.56 Å². The van der Waals surface area contributed by atoms with Crippen LogP contribution in [0.3, 0.4) is 0 Å². The summed E-state index contributed by atoms with van der Waals surface area (Å²) >= 11 is 0. The molecule has 0 bridgehead atoms. The van der Waals surface area contributed by atoms with Gasteiger partial charge in [-0.15, -0.1) is 0 Å². The van der Waals surface area contributed by atoms with Gasteiger partial charge in [0, 0.05) is 5.56 Å². The normalized spacial score (nSPS) is 15.5. The average molecular weight is 405 g/mol. The number of rotatable bonds is 6. The molecule has 1 aliphatic rings. The molecule has 10 heteroatoms. The number of amidine groups is 1. The number of amides is 1. The Morgan fingerprint density at radius 3 is 2.61 bits per heavy atom. The number of halogens is 1. The lowest BCUT2D eigenvalue weighted by Gasteiger charge is -2.07. The topological polar surface area (TPSA) is 114 Å². The summed E-state index contributed by atoms with van der Waals surface area (Å²) in [6.45, 7) is -0.598. The molecule has 146 valence electrons. The van der Waals surface area contributed by atoms with Crippen molar-refractivity contribution in [2.75, 3.05) is 18.5 Å². The number of sulfonamides is 1. The first-order valence-corrected chi connectivity index (χ1v) is 9.72. The molecule has 0 aliphatic carbocycles. The fraction of sp³-hybridized carbons (Fsp3) is 0.167. The van der Waals surface area contributed by atoms with E-state index in [-0.39, 0.29) is 29.4 Å². The molecule has 2 N–H and O–H groups in total. The zero-order valence-electron chi connectivity index (χ0n) is 14.5. The number of anilines is 1. The van der Waals surface area contributed by atoms with E-state index in [1.807, 2.05) is 0 Å². The highest BCUT2D eigenvalue weighted by Gasteiger charge is 2.29. The van der Waals surface area contributed by atoms with Crippen LogP contribution in [0.15, 0.2) is 58.4 Å². The number of carbonyl (C=O) groups is 2. The van der Waals surface area contributed by atoms with Gasteiger partial charge in [0.05, 0.1) is 23.5 Å². The second-order valence-electron chi connectivity index (χ2n) is 5.77. The molecule has 0 saturated heterocycles. The van der Waals surface area contributed by atoms with Crippen LogP contribution in [0, 0.1) is 5.82 Å². The van der Waals surface area contributed by atoms with Crippen molar-refractivity contribution in [1.82, 2.24) is 4.72 Å². The van der Waals surface area contributed by atoms with Crippen molar-refractivity contribution in [3.63, 3.8) is 0 Å².